The van der Waals surface area contributed by atoms with Gasteiger partial charge >= 0.3 is 17.6 Å². The van der Waals surface area contributed by atoms with E-state index < -0.39 is 40.8 Å². The van der Waals surface area contributed by atoms with Crippen LogP contribution in [0.3, 0.4) is 0 Å². The lowest BCUT2D eigenvalue weighted by Crippen LogP contribution is -2.17. The third kappa shape index (κ3) is 12.4. The Kier molecular flexibility index (Phi) is 16.9. The number of ether oxygens (including phenoxy) is 1. The number of methoxy groups -OCH3 is 1. The number of benzene rings is 3. The molecule has 0 saturated heterocycles. The van der Waals surface area contributed by atoms with Crippen molar-refractivity contribution in [3.8, 4) is 65.4 Å². The van der Waals surface area contributed by atoms with Gasteiger partial charge in [0, 0.05) is 37.4 Å². The molecule has 394 valence electrons. The molecule has 0 aliphatic carbocycles. The first kappa shape index (κ1) is 55.4. The summed E-state index contributed by atoms with van der Waals surface area (Å²) >= 11 is 15.4. The van der Waals surface area contributed by atoms with Gasteiger partial charge in [0.15, 0.2) is 23.0 Å². The largest absolute Gasteiger partial charge is 0.478 e. The molecule has 28 heteroatoms. The van der Waals surface area contributed by atoms with Crippen LogP contribution in [0, 0.1) is 41.8 Å². The quantitative estimate of drug-likeness (QED) is 0.0886. The predicted molar refractivity (Wildman–Crippen MR) is 287 cm³/mol. The minimum absolute atomic E-state index is 0.00908. The van der Waals surface area contributed by atoms with Gasteiger partial charge in [0.05, 0.1) is 72.4 Å². The SMILES string of the molecule is C#Cc1cc(NC(=O)c2ccc(-n3ccnc3)nn2)c(C(=O)O)cc1F.C#Cc1cc2nc(-c3ccc(-n4ccnc4)nn3)oc(=O)c2cc1Cl.COC(=O)c1cc(C#N)c(Cl)cc1NC(=O)c1ccc(-c2c(Br)cnn2C)nn1. The highest BCUT2D eigenvalue weighted by atomic mass is 79.9. The van der Waals surface area contributed by atoms with Crippen molar-refractivity contribution in [1.82, 2.24) is 64.5 Å². The Balaban J connectivity index is 0.000000158. The van der Waals surface area contributed by atoms with Crippen LogP contribution in [-0.4, -0.2) is 100 Å². The van der Waals surface area contributed by atoms with Gasteiger partial charge in [-0.1, -0.05) is 35.0 Å². The van der Waals surface area contributed by atoms with Crippen LogP contribution < -0.4 is 16.3 Å². The second kappa shape index (κ2) is 24.4. The van der Waals surface area contributed by atoms with Gasteiger partial charge in [-0.2, -0.15) is 10.4 Å². The van der Waals surface area contributed by atoms with E-state index in [1.807, 2.05) is 6.07 Å². The summed E-state index contributed by atoms with van der Waals surface area (Å²) in [7, 11) is 2.95. The first-order valence-electron chi connectivity index (χ1n) is 22.3. The molecular weight excluding hydrogens is 1150 g/mol. The number of nitrogens with one attached hydrogen (secondary N) is 2. The number of halogens is 4. The number of hydrogen-bond donors (Lipinski definition) is 3. The number of anilines is 2. The number of fused-ring (bicyclic) bond motifs is 1. The van der Waals surface area contributed by atoms with Crippen LogP contribution in [0.1, 0.15) is 58.4 Å². The number of carbonyl (C=O) groups is 4. The number of carbonyl (C=O) groups excluding carboxylic acids is 3. The Labute approximate surface area is 467 Å². The molecule has 10 aromatic rings. The van der Waals surface area contributed by atoms with Crippen LogP contribution in [0.25, 0.3) is 45.5 Å². The number of carboxylic acid groups (broad SMARTS) is 1. The number of rotatable bonds is 10. The van der Waals surface area contributed by atoms with E-state index in [4.69, 9.17) is 50.5 Å². The van der Waals surface area contributed by atoms with Crippen molar-refractivity contribution in [3.05, 3.63) is 186 Å². The summed E-state index contributed by atoms with van der Waals surface area (Å²) in [6.07, 6.45) is 21.9. The normalized spacial score (nSPS) is 10.4. The minimum atomic E-state index is -1.41. The molecule has 0 spiro atoms. The molecular formula is C52H30BrCl2FN16O8. The number of esters is 1. The molecule has 0 fully saturated rings. The van der Waals surface area contributed by atoms with Gasteiger partial charge in [-0.25, -0.2) is 33.7 Å². The van der Waals surface area contributed by atoms with E-state index in [2.05, 4.69) is 89.0 Å². The molecule has 3 N–H and O–H groups in total. The summed E-state index contributed by atoms with van der Waals surface area (Å²) in [6.45, 7) is 0. The van der Waals surface area contributed by atoms with Crippen LogP contribution in [-0.2, 0) is 11.8 Å². The van der Waals surface area contributed by atoms with Crippen molar-refractivity contribution in [1.29, 1.82) is 5.26 Å². The number of aromatic carboxylic acids is 1. The lowest BCUT2D eigenvalue weighted by Gasteiger charge is -2.11. The van der Waals surface area contributed by atoms with Gasteiger partial charge in [-0.15, -0.1) is 43.4 Å². The third-order valence-electron chi connectivity index (χ3n) is 10.8. The topological polar surface area (TPSA) is 319 Å². The van der Waals surface area contributed by atoms with Gasteiger partial charge in [-0.05, 0) is 88.7 Å². The average molecular weight is 1180 g/mol. The van der Waals surface area contributed by atoms with E-state index in [-0.39, 0.29) is 55.8 Å². The molecule has 0 unspecified atom stereocenters. The second-order valence-corrected chi connectivity index (χ2v) is 17.4. The third-order valence-corrected chi connectivity index (χ3v) is 12.0. The van der Waals surface area contributed by atoms with Crippen molar-refractivity contribution in [2.24, 2.45) is 7.05 Å². The van der Waals surface area contributed by atoms with E-state index in [0.717, 1.165) is 16.6 Å². The highest BCUT2D eigenvalue weighted by molar-refractivity contribution is 9.10. The molecule has 0 atom stereocenters. The molecule has 2 amide bonds. The van der Waals surface area contributed by atoms with Crippen molar-refractivity contribution < 1.29 is 37.8 Å². The van der Waals surface area contributed by atoms with E-state index >= 15 is 0 Å². The van der Waals surface area contributed by atoms with Crippen molar-refractivity contribution >= 4 is 85.2 Å². The Bertz CT molecular complexity index is 4200. The summed E-state index contributed by atoms with van der Waals surface area (Å²) < 4.78 is 29.3. The molecule has 3 aromatic carbocycles. The lowest BCUT2D eigenvalue weighted by molar-refractivity contribution is 0.0600. The fraction of sp³-hybridized carbons (Fsp3) is 0.0385. The minimum Gasteiger partial charge on any atom is -0.478 e. The van der Waals surface area contributed by atoms with E-state index in [1.165, 1.54) is 43.8 Å². The van der Waals surface area contributed by atoms with E-state index in [9.17, 15) is 33.5 Å². The maximum atomic E-state index is 13.7. The highest BCUT2D eigenvalue weighted by Crippen LogP contribution is 2.29. The maximum Gasteiger partial charge on any atom is 0.347 e. The summed E-state index contributed by atoms with van der Waals surface area (Å²) in [5.41, 5.74) is 1.16. The number of terminal acetylenes is 2. The smallest absolute Gasteiger partial charge is 0.347 e. The highest BCUT2D eigenvalue weighted by Gasteiger charge is 2.22. The summed E-state index contributed by atoms with van der Waals surface area (Å²) in [5, 5.41) is 51.7. The Morgan fingerprint density at radius 2 is 1.35 bits per heavy atom. The molecule has 0 saturated carbocycles. The molecule has 80 heavy (non-hydrogen) atoms. The first-order chi connectivity index (χ1) is 38.5. The number of carboxylic acids is 1. The Morgan fingerprint density at radius 3 is 1.86 bits per heavy atom. The maximum absolute atomic E-state index is 13.7. The molecule has 7 heterocycles. The van der Waals surface area contributed by atoms with Crippen molar-refractivity contribution in [3.63, 3.8) is 0 Å². The van der Waals surface area contributed by atoms with Gasteiger partial charge in [0.25, 0.3) is 17.7 Å². The number of nitriles is 1. The molecule has 0 aliphatic rings. The van der Waals surface area contributed by atoms with Crippen molar-refractivity contribution in [2.45, 2.75) is 0 Å². The van der Waals surface area contributed by atoms with Gasteiger partial charge < -0.3 is 24.9 Å². The molecule has 7 aromatic heterocycles. The van der Waals surface area contributed by atoms with Crippen LogP contribution in [0.5, 0.6) is 0 Å². The van der Waals surface area contributed by atoms with E-state index in [0.29, 0.717) is 44.8 Å². The van der Waals surface area contributed by atoms with Crippen LogP contribution >= 0.6 is 39.1 Å². The fourth-order valence-electron chi connectivity index (χ4n) is 6.92. The number of amides is 2. The van der Waals surface area contributed by atoms with E-state index in [1.54, 1.807) is 88.5 Å². The molecule has 0 aliphatic heterocycles. The second-order valence-electron chi connectivity index (χ2n) is 15.8. The fourth-order valence-corrected chi connectivity index (χ4v) is 7.90. The zero-order valence-electron chi connectivity index (χ0n) is 40.7. The number of hydrogen-bond acceptors (Lipinski definition) is 18. The summed E-state index contributed by atoms with van der Waals surface area (Å²) in [5.74, 6) is 1.26. The van der Waals surface area contributed by atoms with Gasteiger partial charge in [-0.3, -0.25) is 23.4 Å². The monoisotopic (exact) mass is 1170 g/mol. The van der Waals surface area contributed by atoms with Gasteiger partial charge in [0.2, 0.25) is 0 Å². The molecule has 0 radical (unpaired) electrons. The number of aromatic nitrogens is 13. The Hall–Kier alpha value is -10.9. The summed E-state index contributed by atoms with van der Waals surface area (Å²) in [4.78, 5) is 72.5. The van der Waals surface area contributed by atoms with Crippen molar-refractivity contribution in [2.75, 3.05) is 17.7 Å². The standard InChI is InChI=1S/C18H12BrClN6O3.C17H8ClN5O2.C17H10FN5O3/c1-26-16(11(19)8-22-26)13-3-4-14(25-24-13)17(27)23-15-6-12(20)9(7-21)5-10(15)18(28)29-2;1-2-10-7-14-11(8-12(10)18)17(24)25-16(20-14)13-3-4-15(22-21-13)23-6-5-19-9-23;1-2-10-7-14(11(17(25)26)8-12(10)18)20-16(24)13-3-4-15(22-21-13)23-6-5-19-9-23/h3-6,8H,1-2H3,(H,23,27);1,3-9H;1,3-9H,(H,20,24)(H,25,26). The molecule has 0 bridgehead atoms. The average Bonchev–Trinajstić information content (AvgIpc) is 4.28. The Morgan fingerprint density at radius 1 is 0.762 bits per heavy atom. The van der Waals surface area contributed by atoms with Crippen LogP contribution in [0.4, 0.5) is 15.8 Å². The number of aryl methyl sites for hydroxylation is 1. The molecule has 10 rings (SSSR count). The van der Waals surface area contributed by atoms with Gasteiger partial charge in [0.1, 0.15) is 41.6 Å². The number of imidazole rings is 2. The zero-order valence-corrected chi connectivity index (χ0v) is 43.8. The van der Waals surface area contributed by atoms with Crippen LogP contribution in [0.15, 0.2) is 130 Å². The first-order valence-corrected chi connectivity index (χ1v) is 23.8. The zero-order chi connectivity index (χ0) is 57.2. The summed E-state index contributed by atoms with van der Waals surface area (Å²) in [6, 6.07) is 18.7. The lowest BCUT2D eigenvalue weighted by atomic mass is 10.1. The van der Waals surface area contributed by atoms with Crippen LogP contribution in [0.2, 0.25) is 10.0 Å². The molecule has 24 nitrogen and oxygen atoms in total. The predicted octanol–water partition coefficient (Wildman–Crippen LogP) is 7.40. The number of nitrogens with zero attached hydrogens (tertiary/aromatic N) is 14.